The van der Waals surface area contributed by atoms with Gasteiger partial charge in [0, 0.05) is 32.1 Å². The number of fused-ring (bicyclic) bond motifs is 1. The van der Waals surface area contributed by atoms with Gasteiger partial charge >= 0.3 is 0 Å². The zero-order chi connectivity index (χ0) is 27.5. The van der Waals surface area contributed by atoms with Crippen LogP contribution in [0.2, 0.25) is 0 Å². The molecular formula is C28H39N3O6S. The molecule has 9 nitrogen and oxygen atoms in total. The predicted octanol–water partition coefficient (Wildman–Crippen LogP) is 3.38. The van der Waals surface area contributed by atoms with E-state index in [2.05, 4.69) is 12.2 Å². The number of unbranched alkanes of at least 4 members (excludes halogenated alkanes) is 1. The van der Waals surface area contributed by atoms with E-state index < -0.39 is 16.1 Å². The molecule has 1 unspecified atom stereocenters. The summed E-state index contributed by atoms with van der Waals surface area (Å²) in [6.45, 7) is 5.71. The van der Waals surface area contributed by atoms with Gasteiger partial charge in [0.1, 0.15) is 19.3 Å². The van der Waals surface area contributed by atoms with E-state index in [0.717, 1.165) is 24.7 Å². The van der Waals surface area contributed by atoms with Crippen molar-refractivity contribution in [3.8, 4) is 11.5 Å². The SMILES string of the molecule is CCCCNC(=O)C(C)N(CCc1ccccc1)C(=O)CCCN(c1ccc2c(c1)OCCO2)S(C)(=O)=O. The summed E-state index contributed by atoms with van der Waals surface area (Å²) in [4.78, 5) is 27.7. The Morgan fingerprint density at radius 2 is 1.71 bits per heavy atom. The highest BCUT2D eigenvalue weighted by atomic mass is 32.2. The molecule has 0 saturated carbocycles. The smallest absolute Gasteiger partial charge is 0.242 e. The molecule has 0 aromatic heterocycles. The van der Waals surface area contributed by atoms with Crippen LogP contribution in [0.15, 0.2) is 48.5 Å². The number of ether oxygens (including phenoxy) is 2. The van der Waals surface area contributed by atoms with Gasteiger partial charge in [-0.05, 0) is 43.9 Å². The monoisotopic (exact) mass is 545 g/mol. The lowest BCUT2D eigenvalue weighted by Crippen LogP contribution is -2.49. The van der Waals surface area contributed by atoms with Crippen molar-refractivity contribution in [3.05, 3.63) is 54.1 Å². The largest absolute Gasteiger partial charge is 0.486 e. The Morgan fingerprint density at radius 3 is 2.39 bits per heavy atom. The van der Waals surface area contributed by atoms with Crippen LogP contribution in [0.5, 0.6) is 11.5 Å². The van der Waals surface area contributed by atoms with Crippen molar-refractivity contribution in [2.75, 3.05) is 43.4 Å². The third kappa shape index (κ3) is 8.37. The molecule has 1 N–H and O–H groups in total. The summed E-state index contributed by atoms with van der Waals surface area (Å²) in [6, 6.07) is 14.2. The lowest BCUT2D eigenvalue weighted by Gasteiger charge is -2.29. The van der Waals surface area contributed by atoms with Crippen LogP contribution in [0.25, 0.3) is 0 Å². The molecule has 1 heterocycles. The Hall–Kier alpha value is -3.27. The lowest BCUT2D eigenvalue weighted by molar-refractivity contribution is -0.139. The van der Waals surface area contributed by atoms with Crippen LogP contribution in [-0.4, -0.2) is 70.3 Å². The standard InChI is InChI=1S/C28H39N3O6S/c1-4-5-16-29-28(33)22(2)30(18-15-23-10-7-6-8-11-23)27(32)12-9-17-31(38(3,34)35)24-13-14-25-26(21-24)37-20-19-36-25/h6-8,10-11,13-14,21-22H,4-5,9,12,15-20H2,1-3H3,(H,29,33). The molecule has 38 heavy (non-hydrogen) atoms. The van der Waals surface area contributed by atoms with Gasteiger partial charge in [-0.3, -0.25) is 13.9 Å². The second kappa shape index (κ2) is 14.0. The zero-order valence-corrected chi connectivity index (χ0v) is 23.3. The van der Waals surface area contributed by atoms with Gasteiger partial charge < -0.3 is 19.7 Å². The Morgan fingerprint density at radius 1 is 1.00 bits per heavy atom. The third-order valence-electron chi connectivity index (χ3n) is 6.45. The van der Waals surface area contributed by atoms with E-state index >= 15 is 0 Å². The van der Waals surface area contributed by atoms with Gasteiger partial charge in [0.05, 0.1) is 11.9 Å². The topological polar surface area (TPSA) is 105 Å². The van der Waals surface area contributed by atoms with Crippen molar-refractivity contribution in [1.82, 2.24) is 10.2 Å². The summed E-state index contributed by atoms with van der Waals surface area (Å²) >= 11 is 0. The molecule has 0 radical (unpaired) electrons. The number of hydrogen-bond acceptors (Lipinski definition) is 6. The highest BCUT2D eigenvalue weighted by Crippen LogP contribution is 2.34. The fourth-order valence-electron chi connectivity index (χ4n) is 4.30. The summed E-state index contributed by atoms with van der Waals surface area (Å²) in [5.41, 5.74) is 1.53. The predicted molar refractivity (Wildman–Crippen MR) is 148 cm³/mol. The minimum absolute atomic E-state index is 0.109. The lowest BCUT2D eigenvalue weighted by atomic mass is 10.1. The van der Waals surface area contributed by atoms with E-state index in [0.29, 0.717) is 56.3 Å². The molecular weight excluding hydrogens is 506 g/mol. The quantitative estimate of drug-likeness (QED) is 0.365. The van der Waals surface area contributed by atoms with Crippen LogP contribution in [0.1, 0.15) is 45.1 Å². The summed E-state index contributed by atoms with van der Waals surface area (Å²) in [5, 5.41) is 2.92. The first-order chi connectivity index (χ1) is 18.2. The first-order valence-electron chi connectivity index (χ1n) is 13.2. The molecule has 3 rings (SSSR count). The molecule has 1 aliphatic heterocycles. The zero-order valence-electron chi connectivity index (χ0n) is 22.5. The van der Waals surface area contributed by atoms with Gasteiger partial charge in [0.25, 0.3) is 0 Å². The highest BCUT2D eigenvalue weighted by Gasteiger charge is 2.26. The number of sulfonamides is 1. The fraction of sp³-hybridized carbons (Fsp3) is 0.500. The molecule has 0 spiro atoms. The molecule has 2 aromatic carbocycles. The van der Waals surface area contributed by atoms with Gasteiger partial charge in [-0.15, -0.1) is 0 Å². The molecule has 2 aromatic rings. The van der Waals surface area contributed by atoms with Gasteiger partial charge in [-0.2, -0.15) is 0 Å². The molecule has 2 amide bonds. The Balaban J connectivity index is 1.67. The number of carbonyl (C=O) groups excluding carboxylic acids is 2. The average molecular weight is 546 g/mol. The van der Waals surface area contributed by atoms with Crippen LogP contribution >= 0.6 is 0 Å². The number of amides is 2. The van der Waals surface area contributed by atoms with Gasteiger partial charge in [-0.1, -0.05) is 43.7 Å². The van der Waals surface area contributed by atoms with Crippen LogP contribution in [0.4, 0.5) is 5.69 Å². The van der Waals surface area contributed by atoms with E-state index in [-0.39, 0.29) is 24.8 Å². The number of rotatable bonds is 14. The number of nitrogens with one attached hydrogen (secondary N) is 1. The Bertz CT molecular complexity index is 1170. The van der Waals surface area contributed by atoms with E-state index in [9.17, 15) is 18.0 Å². The third-order valence-corrected chi connectivity index (χ3v) is 7.64. The summed E-state index contributed by atoms with van der Waals surface area (Å²) < 4.78 is 37.6. The number of carbonyl (C=O) groups is 2. The molecule has 0 bridgehead atoms. The van der Waals surface area contributed by atoms with Gasteiger partial charge in [0.2, 0.25) is 21.8 Å². The van der Waals surface area contributed by atoms with Gasteiger partial charge in [0.15, 0.2) is 11.5 Å². The summed E-state index contributed by atoms with van der Waals surface area (Å²) in [7, 11) is -3.60. The van der Waals surface area contributed by atoms with Crippen LogP contribution in [0, 0.1) is 0 Å². The van der Waals surface area contributed by atoms with Crippen LogP contribution in [-0.2, 0) is 26.0 Å². The second-order valence-electron chi connectivity index (χ2n) is 9.41. The van der Waals surface area contributed by atoms with Crippen molar-refractivity contribution in [1.29, 1.82) is 0 Å². The molecule has 0 fully saturated rings. The Kier molecular flexibility index (Phi) is 10.8. The number of benzene rings is 2. The van der Waals surface area contributed by atoms with Crippen molar-refractivity contribution >= 4 is 27.5 Å². The fourth-order valence-corrected chi connectivity index (χ4v) is 5.25. The average Bonchev–Trinajstić information content (AvgIpc) is 2.90. The Labute approximate surface area is 226 Å². The molecule has 1 aliphatic rings. The van der Waals surface area contributed by atoms with E-state index in [1.54, 1.807) is 30.0 Å². The normalized spacial score (nSPS) is 13.4. The summed E-state index contributed by atoms with van der Waals surface area (Å²) in [6.07, 6.45) is 4.00. The molecule has 0 saturated heterocycles. The maximum atomic E-state index is 13.3. The van der Waals surface area contributed by atoms with Crippen molar-refractivity contribution in [3.63, 3.8) is 0 Å². The second-order valence-corrected chi connectivity index (χ2v) is 11.3. The highest BCUT2D eigenvalue weighted by molar-refractivity contribution is 7.92. The molecule has 1 atom stereocenters. The number of hydrogen-bond donors (Lipinski definition) is 1. The number of anilines is 1. The van der Waals surface area contributed by atoms with E-state index in [4.69, 9.17) is 9.47 Å². The molecule has 10 heteroatoms. The maximum Gasteiger partial charge on any atom is 0.242 e. The number of nitrogens with zero attached hydrogens (tertiary/aromatic N) is 2. The van der Waals surface area contributed by atoms with E-state index in [1.165, 1.54) is 4.31 Å². The molecule has 208 valence electrons. The molecule has 0 aliphatic carbocycles. The first kappa shape index (κ1) is 29.3. The minimum Gasteiger partial charge on any atom is -0.486 e. The van der Waals surface area contributed by atoms with Crippen molar-refractivity contribution in [2.24, 2.45) is 0 Å². The minimum atomic E-state index is -3.60. The summed E-state index contributed by atoms with van der Waals surface area (Å²) in [5.74, 6) is 0.695. The van der Waals surface area contributed by atoms with E-state index in [1.807, 2.05) is 30.3 Å². The maximum absolute atomic E-state index is 13.3. The van der Waals surface area contributed by atoms with Crippen molar-refractivity contribution < 1.29 is 27.5 Å². The van der Waals surface area contributed by atoms with Gasteiger partial charge in [-0.25, -0.2) is 8.42 Å². The first-order valence-corrected chi connectivity index (χ1v) is 15.0. The van der Waals surface area contributed by atoms with Crippen LogP contribution < -0.4 is 19.1 Å². The van der Waals surface area contributed by atoms with Crippen LogP contribution in [0.3, 0.4) is 0 Å². The van der Waals surface area contributed by atoms with Crippen molar-refractivity contribution in [2.45, 2.75) is 52.0 Å².